The molecular formula is C10H15B. The van der Waals surface area contributed by atoms with Crippen molar-refractivity contribution in [2.75, 3.05) is 0 Å². The van der Waals surface area contributed by atoms with Gasteiger partial charge < -0.3 is 0 Å². The van der Waals surface area contributed by atoms with Crippen LogP contribution in [0.1, 0.15) is 27.2 Å². The molecule has 3 unspecified atom stereocenters. The summed E-state index contributed by atoms with van der Waals surface area (Å²) < 4.78 is 0. The van der Waals surface area contributed by atoms with Gasteiger partial charge in [0.1, 0.15) is 7.85 Å². The summed E-state index contributed by atoms with van der Waals surface area (Å²) in [5.74, 6) is 2.23. The SMILES string of the molecule is [B]C1=CC2CC(C1C)C2(C)C. The Morgan fingerprint density at radius 3 is 2.55 bits per heavy atom. The van der Waals surface area contributed by atoms with E-state index in [0.29, 0.717) is 11.3 Å². The normalized spacial score (nSPS) is 46.1. The first kappa shape index (κ1) is 7.45. The molecule has 1 heteroatoms. The van der Waals surface area contributed by atoms with Gasteiger partial charge in [-0.05, 0) is 29.6 Å². The van der Waals surface area contributed by atoms with Gasteiger partial charge in [0.2, 0.25) is 0 Å². The van der Waals surface area contributed by atoms with E-state index < -0.39 is 0 Å². The summed E-state index contributed by atoms with van der Waals surface area (Å²) in [6, 6.07) is 0. The summed E-state index contributed by atoms with van der Waals surface area (Å²) in [7, 11) is 5.88. The highest BCUT2D eigenvalue weighted by Crippen LogP contribution is 2.59. The van der Waals surface area contributed by atoms with Crippen molar-refractivity contribution >= 4 is 7.85 Å². The first-order valence-corrected chi connectivity index (χ1v) is 4.50. The second-order valence-electron chi connectivity index (χ2n) is 4.73. The second-order valence-corrected chi connectivity index (χ2v) is 4.73. The van der Waals surface area contributed by atoms with E-state index in [2.05, 4.69) is 26.8 Å². The van der Waals surface area contributed by atoms with Gasteiger partial charge in [0.25, 0.3) is 0 Å². The zero-order valence-corrected chi connectivity index (χ0v) is 7.59. The van der Waals surface area contributed by atoms with E-state index in [1.54, 1.807) is 0 Å². The Kier molecular flexibility index (Phi) is 1.31. The molecule has 1 fully saturated rings. The van der Waals surface area contributed by atoms with Crippen molar-refractivity contribution in [1.29, 1.82) is 0 Å². The van der Waals surface area contributed by atoms with E-state index in [-0.39, 0.29) is 0 Å². The third-order valence-corrected chi connectivity index (χ3v) is 3.94. The Bertz CT molecular complexity index is 215. The summed E-state index contributed by atoms with van der Waals surface area (Å²) in [4.78, 5) is 0. The van der Waals surface area contributed by atoms with E-state index in [1.807, 2.05) is 0 Å². The van der Waals surface area contributed by atoms with Crippen molar-refractivity contribution in [3.63, 3.8) is 0 Å². The Morgan fingerprint density at radius 1 is 1.55 bits per heavy atom. The summed E-state index contributed by atoms with van der Waals surface area (Å²) in [6.07, 6.45) is 3.65. The van der Waals surface area contributed by atoms with Gasteiger partial charge in [-0.15, -0.1) is 5.47 Å². The molecule has 3 rings (SSSR count). The van der Waals surface area contributed by atoms with E-state index in [1.165, 1.54) is 6.42 Å². The van der Waals surface area contributed by atoms with Gasteiger partial charge in [-0.1, -0.05) is 26.8 Å². The standard InChI is InChI=1S/C10H15B/c1-6-8-4-7(5-9(6)11)10(8,2)3/h5-8H,4H2,1-3H3. The van der Waals surface area contributed by atoms with Crippen LogP contribution in [0.5, 0.6) is 0 Å². The Labute approximate surface area is 70.5 Å². The molecule has 0 aromatic heterocycles. The van der Waals surface area contributed by atoms with Crippen LogP contribution in [0.2, 0.25) is 0 Å². The van der Waals surface area contributed by atoms with Gasteiger partial charge in [-0.25, -0.2) is 0 Å². The Morgan fingerprint density at radius 2 is 2.18 bits per heavy atom. The van der Waals surface area contributed by atoms with Crippen LogP contribution in [0.4, 0.5) is 0 Å². The third kappa shape index (κ3) is 0.773. The number of allylic oxidation sites excluding steroid dienone is 2. The average molecular weight is 146 g/mol. The van der Waals surface area contributed by atoms with Crippen LogP contribution in [-0.2, 0) is 0 Å². The molecule has 0 amide bonds. The fourth-order valence-corrected chi connectivity index (χ4v) is 2.74. The van der Waals surface area contributed by atoms with Crippen molar-refractivity contribution in [3.8, 4) is 0 Å². The maximum atomic E-state index is 5.88. The minimum Gasteiger partial charge on any atom is -0.118 e. The minimum absolute atomic E-state index is 0.530. The van der Waals surface area contributed by atoms with Gasteiger partial charge in [-0.2, -0.15) is 0 Å². The molecule has 0 heterocycles. The van der Waals surface area contributed by atoms with E-state index >= 15 is 0 Å². The lowest BCUT2D eigenvalue weighted by molar-refractivity contribution is -0.0279. The lowest BCUT2D eigenvalue weighted by Crippen LogP contribution is -2.50. The maximum Gasteiger partial charge on any atom is 0.107 e. The van der Waals surface area contributed by atoms with Crippen LogP contribution in [0.3, 0.4) is 0 Å². The zero-order valence-electron chi connectivity index (χ0n) is 7.59. The van der Waals surface area contributed by atoms with Gasteiger partial charge in [0.15, 0.2) is 0 Å². The van der Waals surface area contributed by atoms with Crippen LogP contribution in [-0.4, -0.2) is 7.85 Å². The van der Waals surface area contributed by atoms with Gasteiger partial charge in [-0.3, -0.25) is 0 Å². The van der Waals surface area contributed by atoms with Crippen LogP contribution in [0, 0.1) is 23.2 Å². The molecule has 0 aliphatic heterocycles. The summed E-state index contributed by atoms with van der Waals surface area (Å²) >= 11 is 0. The highest BCUT2D eigenvalue weighted by atomic mass is 14.6. The molecule has 0 saturated heterocycles. The molecule has 1 saturated carbocycles. The molecule has 0 spiro atoms. The van der Waals surface area contributed by atoms with Crippen molar-refractivity contribution in [2.24, 2.45) is 23.2 Å². The molecule has 0 aromatic rings. The molecule has 0 N–H and O–H groups in total. The summed E-state index contributed by atoms with van der Waals surface area (Å²) in [5, 5.41) is 0. The number of fused-ring (bicyclic) bond motifs is 1. The van der Waals surface area contributed by atoms with Gasteiger partial charge in [0, 0.05) is 0 Å². The quantitative estimate of drug-likeness (QED) is 0.460. The molecule has 0 aromatic carbocycles. The van der Waals surface area contributed by atoms with Crippen LogP contribution in [0.25, 0.3) is 0 Å². The Balaban J connectivity index is 2.32. The fourth-order valence-electron chi connectivity index (χ4n) is 2.74. The molecule has 3 atom stereocenters. The second kappa shape index (κ2) is 1.94. The number of hydrogen-bond acceptors (Lipinski definition) is 0. The van der Waals surface area contributed by atoms with Gasteiger partial charge in [0.05, 0.1) is 0 Å². The molecule has 58 valence electrons. The van der Waals surface area contributed by atoms with Crippen molar-refractivity contribution < 1.29 is 0 Å². The molecule has 2 radical (unpaired) electrons. The highest BCUT2D eigenvalue weighted by Gasteiger charge is 2.51. The van der Waals surface area contributed by atoms with Crippen LogP contribution in [0.15, 0.2) is 11.5 Å². The third-order valence-electron chi connectivity index (χ3n) is 3.94. The van der Waals surface area contributed by atoms with Crippen molar-refractivity contribution in [1.82, 2.24) is 0 Å². The molecule has 3 aliphatic carbocycles. The van der Waals surface area contributed by atoms with E-state index in [0.717, 1.165) is 17.3 Å². The molecule has 2 bridgehead atoms. The largest absolute Gasteiger partial charge is 0.118 e. The minimum atomic E-state index is 0.530. The summed E-state index contributed by atoms with van der Waals surface area (Å²) in [5.41, 5.74) is 1.66. The first-order valence-electron chi connectivity index (χ1n) is 4.50. The van der Waals surface area contributed by atoms with Crippen LogP contribution >= 0.6 is 0 Å². The average Bonchev–Trinajstić information content (AvgIpc) is 1.93. The lowest BCUT2D eigenvalue weighted by Gasteiger charge is -2.58. The highest BCUT2D eigenvalue weighted by molar-refractivity contribution is 6.22. The maximum absolute atomic E-state index is 5.88. The topological polar surface area (TPSA) is 0 Å². The van der Waals surface area contributed by atoms with Crippen molar-refractivity contribution in [2.45, 2.75) is 27.2 Å². The monoisotopic (exact) mass is 146 g/mol. The summed E-state index contributed by atoms with van der Waals surface area (Å²) in [6.45, 7) is 6.99. The fraction of sp³-hybridized carbons (Fsp3) is 0.800. The number of hydrogen-bond donors (Lipinski definition) is 0. The van der Waals surface area contributed by atoms with Crippen molar-refractivity contribution in [3.05, 3.63) is 11.5 Å². The molecule has 3 aliphatic rings. The van der Waals surface area contributed by atoms with Gasteiger partial charge >= 0.3 is 0 Å². The molecular weight excluding hydrogens is 131 g/mol. The van der Waals surface area contributed by atoms with Crippen LogP contribution < -0.4 is 0 Å². The predicted octanol–water partition coefficient (Wildman–Crippen LogP) is 2.35. The zero-order chi connectivity index (χ0) is 8.22. The first-order chi connectivity index (χ1) is 5.03. The predicted molar refractivity (Wildman–Crippen MR) is 48.4 cm³/mol. The number of rotatable bonds is 0. The lowest BCUT2D eigenvalue weighted by atomic mass is 9.45. The van der Waals surface area contributed by atoms with E-state index in [4.69, 9.17) is 7.85 Å². The molecule has 11 heavy (non-hydrogen) atoms. The van der Waals surface area contributed by atoms with E-state index in [9.17, 15) is 0 Å². The molecule has 0 nitrogen and oxygen atoms in total. The smallest absolute Gasteiger partial charge is 0.107 e. The Hall–Kier alpha value is -0.195.